The summed E-state index contributed by atoms with van der Waals surface area (Å²) in [6, 6.07) is 8.20. The van der Waals surface area contributed by atoms with E-state index in [0.29, 0.717) is 10.7 Å². The van der Waals surface area contributed by atoms with Crippen LogP contribution in [0.15, 0.2) is 33.7 Å². The number of benzene rings is 1. The predicted molar refractivity (Wildman–Crippen MR) is 64.0 cm³/mol. The maximum Gasteiger partial charge on any atom is 0.386 e. The first-order valence-corrected chi connectivity index (χ1v) is 5.71. The van der Waals surface area contributed by atoms with Crippen molar-refractivity contribution in [3.63, 3.8) is 0 Å². The normalized spacial score (nSPS) is 12.6. The number of anilines is 1. The summed E-state index contributed by atoms with van der Waals surface area (Å²) in [5.74, 6) is -1.26. The second kappa shape index (κ2) is 4.44. The number of fused-ring (bicyclic) bond motifs is 1. The molecule has 0 atom stereocenters. The fourth-order valence-corrected chi connectivity index (χ4v) is 2.69. The van der Waals surface area contributed by atoms with Crippen LogP contribution in [0, 0.1) is 22.7 Å². The average Bonchev–Trinajstić information content (AvgIpc) is 2.68. The topological polar surface area (TPSA) is 87.8 Å². The van der Waals surface area contributed by atoms with Gasteiger partial charge in [0.15, 0.2) is 5.57 Å². The molecule has 5 nitrogen and oxygen atoms in total. The van der Waals surface area contributed by atoms with E-state index in [2.05, 4.69) is 0 Å². The second-order valence-corrected chi connectivity index (χ2v) is 4.57. The highest BCUT2D eigenvalue weighted by molar-refractivity contribution is 8.03. The summed E-state index contributed by atoms with van der Waals surface area (Å²) in [4.78, 5) is 13.2. The van der Waals surface area contributed by atoms with Crippen molar-refractivity contribution in [1.82, 2.24) is 0 Å². The third kappa shape index (κ3) is 1.79. The SMILES string of the molecule is CN1C(=C(C#N)C#N)Sc2ccc(C([O])=O)cc21. The van der Waals surface area contributed by atoms with Crippen LogP contribution in [0.3, 0.4) is 0 Å². The summed E-state index contributed by atoms with van der Waals surface area (Å²) in [5.41, 5.74) is 0.728. The van der Waals surface area contributed by atoms with Gasteiger partial charge in [0, 0.05) is 11.9 Å². The number of thioether (sulfide) groups is 1. The van der Waals surface area contributed by atoms with Crippen molar-refractivity contribution in [2.75, 3.05) is 11.9 Å². The molecular formula is C12H6N3O2S. The molecule has 1 radical (unpaired) electrons. The van der Waals surface area contributed by atoms with Crippen LogP contribution < -0.4 is 4.90 Å². The molecule has 0 spiro atoms. The lowest BCUT2D eigenvalue weighted by Gasteiger charge is -2.13. The minimum Gasteiger partial charge on any atom is -0.336 e. The van der Waals surface area contributed by atoms with E-state index in [1.807, 2.05) is 12.1 Å². The first-order chi connectivity index (χ1) is 8.58. The number of hydrogen-bond donors (Lipinski definition) is 0. The van der Waals surface area contributed by atoms with Crippen LogP contribution in [0.5, 0.6) is 0 Å². The highest BCUT2D eigenvalue weighted by atomic mass is 32.2. The van der Waals surface area contributed by atoms with Crippen LogP contribution >= 0.6 is 11.8 Å². The lowest BCUT2D eigenvalue weighted by molar-refractivity contribution is 0.0573. The van der Waals surface area contributed by atoms with E-state index < -0.39 is 5.97 Å². The van der Waals surface area contributed by atoms with E-state index in [9.17, 15) is 9.90 Å². The van der Waals surface area contributed by atoms with Crippen molar-refractivity contribution in [2.45, 2.75) is 4.90 Å². The van der Waals surface area contributed by atoms with Gasteiger partial charge in [0.25, 0.3) is 0 Å². The van der Waals surface area contributed by atoms with Gasteiger partial charge in [-0.1, -0.05) is 11.8 Å². The van der Waals surface area contributed by atoms with Gasteiger partial charge in [0.05, 0.1) is 11.3 Å². The van der Waals surface area contributed by atoms with Crippen molar-refractivity contribution in [1.29, 1.82) is 10.5 Å². The third-order valence-electron chi connectivity index (χ3n) is 2.50. The Bertz CT molecular complexity index is 636. The summed E-state index contributed by atoms with van der Waals surface area (Å²) in [6.45, 7) is 0. The molecule has 0 fully saturated rings. The Kier molecular flexibility index (Phi) is 2.97. The summed E-state index contributed by atoms with van der Waals surface area (Å²) < 4.78 is 0. The molecule has 18 heavy (non-hydrogen) atoms. The van der Waals surface area contributed by atoms with Crippen LogP contribution in [0.1, 0.15) is 10.4 Å². The number of allylic oxidation sites excluding steroid dienone is 1. The number of nitrogens with zero attached hydrogens (tertiary/aromatic N) is 3. The van der Waals surface area contributed by atoms with E-state index in [-0.39, 0.29) is 11.1 Å². The molecule has 1 aliphatic rings. The Morgan fingerprint density at radius 2 is 2.00 bits per heavy atom. The van der Waals surface area contributed by atoms with E-state index in [1.165, 1.54) is 23.9 Å². The predicted octanol–water partition coefficient (Wildman–Crippen LogP) is 2.06. The maximum absolute atomic E-state index is 10.8. The van der Waals surface area contributed by atoms with Gasteiger partial charge in [-0.15, -0.1) is 0 Å². The zero-order valence-corrected chi connectivity index (χ0v) is 10.1. The molecule has 0 saturated heterocycles. The van der Waals surface area contributed by atoms with Crippen molar-refractivity contribution >= 4 is 23.4 Å². The standard InChI is InChI=1S/C12H6N3O2S/c1-15-9-4-7(12(16)17)2-3-10(9)18-11(15)8(5-13)6-14/h2-4H,1H3. The first kappa shape index (κ1) is 12.0. The highest BCUT2D eigenvalue weighted by Gasteiger charge is 2.26. The van der Waals surface area contributed by atoms with Crippen molar-refractivity contribution in [2.24, 2.45) is 0 Å². The molecule has 2 rings (SSSR count). The first-order valence-electron chi connectivity index (χ1n) is 4.90. The Labute approximate surface area is 108 Å². The van der Waals surface area contributed by atoms with Gasteiger partial charge in [-0.3, -0.25) is 0 Å². The Morgan fingerprint density at radius 1 is 1.33 bits per heavy atom. The zero-order valence-electron chi connectivity index (χ0n) is 9.30. The zero-order chi connectivity index (χ0) is 13.3. The largest absolute Gasteiger partial charge is 0.386 e. The lowest BCUT2D eigenvalue weighted by Crippen LogP contribution is -2.11. The van der Waals surface area contributed by atoms with Gasteiger partial charge in [0.1, 0.15) is 17.2 Å². The van der Waals surface area contributed by atoms with Gasteiger partial charge < -0.3 is 4.90 Å². The molecule has 0 saturated carbocycles. The van der Waals surface area contributed by atoms with Gasteiger partial charge >= 0.3 is 5.97 Å². The quantitative estimate of drug-likeness (QED) is 0.717. The Morgan fingerprint density at radius 3 is 2.56 bits per heavy atom. The molecule has 1 heterocycles. The average molecular weight is 256 g/mol. The van der Waals surface area contributed by atoms with Crippen LogP contribution in [0.2, 0.25) is 0 Å². The molecule has 0 aromatic heterocycles. The Balaban J connectivity index is 2.54. The molecule has 0 amide bonds. The molecule has 0 bridgehead atoms. The summed E-state index contributed by atoms with van der Waals surface area (Å²) >= 11 is 1.27. The summed E-state index contributed by atoms with van der Waals surface area (Å²) in [6.07, 6.45) is 0. The maximum atomic E-state index is 10.8. The molecule has 1 aromatic carbocycles. The van der Waals surface area contributed by atoms with Gasteiger partial charge in [-0.2, -0.15) is 10.5 Å². The molecule has 1 aliphatic heterocycles. The van der Waals surface area contributed by atoms with Crippen LogP contribution in [-0.2, 0) is 5.11 Å². The smallest absolute Gasteiger partial charge is 0.336 e. The fourth-order valence-electron chi connectivity index (χ4n) is 1.61. The van der Waals surface area contributed by atoms with Crippen LogP contribution in [-0.4, -0.2) is 13.0 Å². The van der Waals surface area contributed by atoms with E-state index in [1.54, 1.807) is 18.0 Å². The molecule has 87 valence electrons. The van der Waals surface area contributed by atoms with Gasteiger partial charge in [0.2, 0.25) is 0 Å². The minimum absolute atomic E-state index is 0.00806. The number of hydrogen-bond acceptors (Lipinski definition) is 5. The number of carbonyl (C=O) groups is 1. The third-order valence-corrected chi connectivity index (χ3v) is 3.74. The van der Waals surface area contributed by atoms with Gasteiger partial charge in [-0.05, 0) is 18.2 Å². The second-order valence-electron chi connectivity index (χ2n) is 3.53. The molecule has 6 heteroatoms. The van der Waals surface area contributed by atoms with Crippen LogP contribution in [0.25, 0.3) is 0 Å². The van der Waals surface area contributed by atoms with Crippen molar-refractivity contribution in [3.05, 3.63) is 34.4 Å². The summed E-state index contributed by atoms with van der Waals surface area (Å²) in [5, 5.41) is 29.0. The number of rotatable bonds is 1. The molecule has 1 aromatic rings. The van der Waals surface area contributed by atoms with E-state index in [0.717, 1.165) is 4.90 Å². The van der Waals surface area contributed by atoms with Crippen molar-refractivity contribution < 1.29 is 9.90 Å². The highest BCUT2D eigenvalue weighted by Crippen LogP contribution is 2.46. The van der Waals surface area contributed by atoms with Gasteiger partial charge in [-0.25, -0.2) is 9.90 Å². The summed E-state index contributed by atoms with van der Waals surface area (Å²) in [7, 11) is 1.68. The Hall–Kier alpha value is -2.44. The monoisotopic (exact) mass is 256 g/mol. The van der Waals surface area contributed by atoms with E-state index >= 15 is 0 Å². The molecule has 0 N–H and O–H groups in total. The molecular weight excluding hydrogens is 250 g/mol. The minimum atomic E-state index is -1.26. The number of nitriles is 2. The fraction of sp³-hybridized carbons (Fsp3) is 0.0833. The molecule has 0 unspecified atom stereocenters. The van der Waals surface area contributed by atoms with Crippen LogP contribution in [0.4, 0.5) is 5.69 Å². The number of carbonyl (C=O) groups excluding carboxylic acids is 1. The lowest BCUT2D eigenvalue weighted by atomic mass is 10.2. The van der Waals surface area contributed by atoms with E-state index in [4.69, 9.17) is 10.5 Å². The molecule has 0 aliphatic carbocycles. The van der Waals surface area contributed by atoms with Crippen molar-refractivity contribution in [3.8, 4) is 12.1 Å².